The van der Waals surface area contributed by atoms with E-state index in [0.717, 1.165) is 12.1 Å². The molecule has 0 radical (unpaired) electrons. The van der Waals surface area contributed by atoms with E-state index in [4.69, 9.17) is 10.5 Å². The number of amides is 1. The van der Waals surface area contributed by atoms with Gasteiger partial charge in [-0.1, -0.05) is 20.3 Å². The molecule has 1 aromatic carbocycles. The highest BCUT2D eigenvalue weighted by molar-refractivity contribution is 5.97. The number of fused-ring (bicyclic) bond motifs is 1. The average Bonchev–Trinajstić information content (AvgIpc) is 2.39. The van der Waals surface area contributed by atoms with Gasteiger partial charge in [-0.3, -0.25) is 4.79 Å². The molecule has 0 saturated carbocycles. The molecule has 1 aromatic rings. The number of hydrogen-bond acceptors (Lipinski definition) is 4. The Labute approximate surface area is 113 Å². The summed E-state index contributed by atoms with van der Waals surface area (Å²) >= 11 is 0. The molecule has 5 nitrogen and oxygen atoms in total. The first-order chi connectivity index (χ1) is 9.01. The van der Waals surface area contributed by atoms with Crippen LogP contribution >= 0.6 is 0 Å². The molecule has 4 N–H and O–H groups in total. The van der Waals surface area contributed by atoms with E-state index in [0.29, 0.717) is 29.1 Å². The number of rotatable bonds is 4. The van der Waals surface area contributed by atoms with Crippen molar-refractivity contribution in [2.75, 3.05) is 23.0 Å². The Morgan fingerprint density at radius 3 is 2.89 bits per heavy atom. The summed E-state index contributed by atoms with van der Waals surface area (Å²) in [5.74, 6) is 1.03. The summed E-state index contributed by atoms with van der Waals surface area (Å²) in [5, 5.41) is 6.18. The van der Waals surface area contributed by atoms with Gasteiger partial charge in [0.05, 0.1) is 17.1 Å². The summed E-state index contributed by atoms with van der Waals surface area (Å²) in [7, 11) is 0. The van der Waals surface area contributed by atoms with Crippen molar-refractivity contribution in [3.8, 4) is 5.75 Å². The number of anilines is 3. The van der Waals surface area contributed by atoms with E-state index in [1.165, 1.54) is 0 Å². The number of hydrogen-bond donors (Lipinski definition) is 3. The molecular weight excluding hydrogens is 242 g/mol. The zero-order chi connectivity index (χ0) is 14.0. The Morgan fingerprint density at radius 2 is 2.21 bits per heavy atom. The molecule has 0 spiro atoms. The van der Waals surface area contributed by atoms with E-state index in [1.54, 1.807) is 6.07 Å². The van der Waals surface area contributed by atoms with Crippen LogP contribution in [0.3, 0.4) is 0 Å². The summed E-state index contributed by atoms with van der Waals surface area (Å²) in [4.78, 5) is 11.3. The van der Waals surface area contributed by atoms with Crippen LogP contribution in [0.1, 0.15) is 27.2 Å². The van der Waals surface area contributed by atoms with Crippen molar-refractivity contribution >= 4 is 23.0 Å². The number of nitrogens with one attached hydrogen (secondary N) is 2. The minimum Gasteiger partial charge on any atom is -0.482 e. The van der Waals surface area contributed by atoms with Gasteiger partial charge in [0.25, 0.3) is 5.91 Å². The van der Waals surface area contributed by atoms with Crippen LogP contribution < -0.4 is 21.1 Å². The monoisotopic (exact) mass is 263 g/mol. The van der Waals surface area contributed by atoms with Crippen molar-refractivity contribution in [1.82, 2.24) is 0 Å². The second-order valence-corrected chi connectivity index (χ2v) is 5.09. The lowest BCUT2D eigenvalue weighted by atomic mass is 10.0. The van der Waals surface area contributed by atoms with E-state index in [2.05, 4.69) is 31.4 Å². The molecule has 1 aliphatic rings. The fraction of sp³-hybridized carbons (Fsp3) is 0.500. The molecule has 0 saturated heterocycles. The van der Waals surface area contributed by atoms with Crippen LogP contribution in [-0.2, 0) is 4.79 Å². The van der Waals surface area contributed by atoms with Gasteiger partial charge < -0.3 is 21.1 Å². The van der Waals surface area contributed by atoms with Crippen molar-refractivity contribution in [3.63, 3.8) is 0 Å². The van der Waals surface area contributed by atoms with Crippen molar-refractivity contribution in [3.05, 3.63) is 12.1 Å². The Kier molecular flexibility index (Phi) is 3.83. The lowest BCUT2D eigenvalue weighted by molar-refractivity contribution is -0.118. The Balaban J connectivity index is 2.22. The van der Waals surface area contributed by atoms with Crippen LogP contribution in [0.4, 0.5) is 17.1 Å². The quantitative estimate of drug-likeness (QED) is 0.729. The van der Waals surface area contributed by atoms with Gasteiger partial charge in [0.15, 0.2) is 6.61 Å². The van der Waals surface area contributed by atoms with Crippen molar-refractivity contribution in [1.29, 1.82) is 0 Å². The average molecular weight is 263 g/mol. The SMILES string of the molecule is CCC(C)C(C)Nc1cc2c(cc1N)OCC(=O)N2. The molecule has 19 heavy (non-hydrogen) atoms. The zero-order valence-corrected chi connectivity index (χ0v) is 11.6. The number of carbonyl (C=O) groups excluding carboxylic acids is 1. The predicted molar refractivity (Wildman–Crippen MR) is 77.5 cm³/mol. The Morgan fingerprint density at radius 1 is 1.47 bits per heavy atom. The molecule has 0 aliphatic carbocycles. The first-order valence-electron chi connectivity index (χ1n) is 6.64. The number of benzene rings is 1. The third kappa shape index (κ3) is 2.92. The number of nitrogen functional groups attached to an aromatic ring is 1. The molecular formula is C14H21N3O2. The second-order valence-electron chi connectivity index (χ2n) is 5.09. The topological polar surface area (TPSA) is 76.4 Å². The van der Waals surface area contributed by atoms with Crippen LogP contribution in [0.15, 0.2) is 12.1 Å². The fourth-order valence-corrected chi connectivity index (χ4v) is 2.01. The standard InChI is InChI=1S/C14H21N3O2/c1-4-8(2)9(3)16-11-6-12-13(5-10(11)15)19-7-14(18)17-12/h5-6,8-9,16H,4,7,15H2,1-3H3,(H,17,18). The maximum atomic E-state index is 11.3. The normalized spacial score (nSPS) is 16.9. The lowest BCUT2D eigenvalue weighted by Gasteiger charge is -2.24. The van der Waals surface area contributed by atoms with Gasteiger partial charge >= 0.3 is 0 Å². The predicted octanol–water partition coefficient (Wildman–Crippen LogP) is 2.45. The van der Waals surface area contributed by atoms with Gasteiger partial charge in [0.1, 0.15) is 5.75 Å². The molecule has 1 heterocycles. The van der Waals surface area contributed by atoms with Gasteiger partial charge in [-0.2, -0.15) is 0 Å². The Bertz CT molecular complexity index is 488. The first-order valence-corrected chi connectivity index (χ1v) is 6.64. The Hall–Kier alpha value is -1.91. The van der Waals surface area contributed by atoms with Crippen LogP contribution in [0.2, 0.25) is 0 Å². The molecule has 1 aliphatic heterocycles. The largest absolute Gasteiger partial charge is 0.482 e. The van der Waals surface area contributed by atoms with Gasteiger partial charge in [-0.05, 0) is 18.9 Å². The van der Waals surface area contributed by atoms with Crippen LogP contribution in [0.5, 0.6) is 5.75 Å². The molecule has 104 valence electrons. The highest BCUT2D eigenvalue weighted by Crippen LogP contribution is 2.35. The molecule has 2 atom stereocenters. The van der Waals surface area contributed by atoms with Crippen LogP contribution in [-0.4, -0.2) is 18.6 Å². The molecule has 0 bridgehead atoms. The van der Waals surface area contributed by atoms with Crippen LogP contribution in [0.25, 0.3) is 0 Å². The zero-order valence-electron chi connectivity index (χ0n) is 11.6. The number of carbonyl (C=O) groups is 1. The van der Waals surface area contributed by atoms with E-state index in [-0.39, 0.29) is 12.5 Å². The summed E-state index contributed by atoms with van der Waals surface area (Å²) in [6.45, 7) is 6.52. The van der Waals surface area contributed by atoms with Crippen molar-refractivity contribution in [2.45, 2.75) is 33.2 Å². The highest BCUT2D eigenvalue weighted by Gasteiger charge is 2.19. The summed E-state index contributed by atoms with van der Waals surface area (Å²) in [6, 6.07) is 3.90. The molecule has 2 unspecified atom stereocenters. The van der Waals surface area contributed by atoms with Crippen molar-refractivity contribution in [2.24, 2.45) is 5.92 Å². The highest BCUT2D eigenvalue weighted by atomic mass is 16.5. The maximum Gasteiger partial charge on any atom is 0.262 e. The number of ether oxygens (including phenoxy) is 1. The molecule has 0 fully saturated rings. The first kappa shape index (κ1) is 13.5. The van der Waals surface area contributed by atoms with E-state index >= 15 is 0 Å². The smallest absolute Gasteiger partial charge is 0.262 e. The van der Waals surface area contributed by atoms with E-state index in [1.807, 2.05) is 6.07 Å². The second kappa shape index (κ2) is 5.38. The van der Waals surface area contributed by atoms with Gasteiger partial charge in [-0.15, -0.1) is 0 Å². The third-order valence-corrected chi connectivity index (χ3v) is 3.67. The molecule has 2 rings (SSSR count). The third-order valence-electron chi connectivity index (χ3n) is 3.67. The van der Waals surface area contributed by atoms with Gasteiger partial charge in [0.2, 0.25) is 0 Å². The molecule has 0 aromatic heterocycles. The summed E-state index contributed by atoms with van der Waals surface area (Å²) in [6.07, 6.45) is 1.10. The van der Waals surface area contributed by atoms with Crippen molar-refractivity contribution < 1.29 is 9.53 Å². The summed E-state index contributed by atoms with van der Waals surface area (Å²) in [5.41, 5.74) is 8.15. The van der Waals surface area contributed by atoms with E-state index < -0.39 is 0 Å². The van der Waals surface area contributed by atoms with E-state index in [9.17, 15) is 4.79 Å². The minimum absolute atomic E-state index is 0.0441. The van der Waals surface area contributed by atoms with Gasteiger partial charge in [-0.25, -0.2) is 0 Å². The maximum absolute atomic E-state index is 11.3. The molecule has 1 amide bonds. The van der Waals surface area contributed by atoms with Crippen LogP contribution in [0, 0.1) is 5.92 Å². The molecule has 5 heteroatoms. The fourth-order valence-electron chi connectivity index (χ4n) is 2.01. The minimum atomic E-state index is -0.141. The summed E-state index contributed by atoms with van der Waals surface area (Å²) < 4.78 is 5.33. The van der Waals surface area contributed by atoms with Gasteiger partial charge in [0, 0.05) is 12.1 Å². The lowest BCUT2D eigenvalue weighted by Crippen LogP contribution is -2.27. The number of nitrogens with two attached hydrogens (primary N) is 1.